The molecule has 0 aliphatic rings. The minimum Gasteiger partial charge on any atom is -0.353 e. The molecule has 3 aromatic rings. The molecule has 0 aliphatic carbocycles. The maximum absolute atomic E-state index is 12.8. The van der Waals surface area contributed by atoms with Crippen LogP contribution in [0, 0.1) is 13.8 Å². The number of nitrogens with one attached hydrogen (secondary N) is 1. The Kier molecular flexibility index (Phi) is 4.12. The third-order valence-corrected chi connectivity index (χ3v) is 5.16. The fourth-order valence-corrected chi connectivity index (χ4v) is 3.48. The SMILES string of the molecule is Cc1cc(C(C)(C)C)ccc1-c1[nH]c2ccnc(C)c2c(=O)c1Br. The minimum atomic E-state index is -0.0244. The molecule has 124 valence electrons. The van der Waals surface area contributed by atoms with E-state index in [1.807, 2.05) is 13.0 Å². The van der Waals surface area contributed by atoms with Gasteiger partial charge in [-0.15, -0.1) is 0 Å². The maximum atomic E-state index is 12.8. The number of halogens is 1. The molecule has 3 nitrogen and oxygen atoms in total. The summed E-state index contributed by atoms with van der Waals surface area (Å²) in [6.07, 6.45) is 1.72. The molecule has 0 amide bonds. The molecular weight excluding hydrogens is 364 g/mol. The number of hydrogen-bond donors (Lipinski definition) is 1. The fraction of sp³-hybridized carbons (Fsp3) is 0.300. The van der Waals surface area contributed by atoms with Gasteiger partial charge in [0.1, 0.15) is 0 Å². The highest BCUT2D eigenvalue weighted by atomic mass is 79.9. The van der Waals surface area contributed by atoms with Crippen LogP contribution in [0.15, 0.2) is 39.7 Å². The molecule has 0 fully saturated rings. The van der Waals surface area contributed by atoms with Crippen LogP contribution in [0.1, 0.15) is 37.6 Å². The maximum Gasteiger partial charge on any atom is 0.206 e. The van der Waals surface area contributed by atoms with Crippen molar-refractivity contribution in [3.8, 4) is 11.3 Å². The largest absolute Gasteiger partial charge is 0.353 e. The lowest BCUT2D eigenvalue weighted by molar-refractivity contribution is 0.590. The molecule has 3 rings (SSSR count). The van der Waals surface area contributed by atoms with Gasteiger partial charge in [0.2, 0.25) is 5.43 Å². The second-order valence-electron chi connectivity index (χ2n) is 7.24. The average Bonchev–Trinajstić information content (AvgIpc) is 2.50. The van der Waals surface area contributed by atoms with Gasteiger partial charge in [0.05, 0.1) is 26.8 Å². The zero-order chi connectivity index (χ0) is 17.6. The molecule has 0 saturated carbocycles. The van der Waals surface area contributed by atoms with Crippen LogP contribution in [0.4, 0.5) is 0 Å². The molecule has 4 heteroatoms. The Morgan fingerprint density at radius 1 is 1.12 bits per heavy atom. The van der Waals surface area contributed by atoms with Crippen molar-refractivity contribution in [2.45, 2.75) is 40.0 Å². The van der Waals surface area contributed by atoms with Crippen molar-refractivity contribution in [3.05, 3.63) is 62.0 Å². The average molecular weight is 385 g/mol. The summed E-state index contributed by atoms with van der Waals surface area (Å²) in [6.45, 7) is 10.5. The number of aryl methyl sites for hydroxylation is 2. The van der Waals surface area contributed by atoms with Gasteiger partial charge in [-0.2, -0.15) is 0 Å². The van der Waals surface area contributed by atoms with Gasteiger partial charge in [0.15, 0.2) is 0 Å². The Morgan fingerprint density at radius 2 is 1.83 bits per heavy atom. The number of fused-ring (bicyclic) bond motifs is 1. The lowest BCUT2D eigenvalue weighted by Gasteiger charge is -2.21. The van der Waals surface area contributed by atoms with Crippen molar-refractivity contribution in [1.29, 1.82) is 0 Å². The van der Waals surface area contributed by atoms with Crippen LogP contribution in [0.2, 0.25) is 0 Å². The number of pyridine rings is 2. The molecule has 0 spiro atoms. The Hall–Kier alpha value is -1.94. The highest BCUT2D eigenvalue weighted by Crippen LogP contribution is 2.32. The molecule has 1 aromatic carbocycles. The van der Waals surface area contributed by atoms with Gasteiger partial charge in [-0.1, -0.05) is 39.0 Å². The summed E-state index contributed by atoms with van der Waals surface area (Å²) in [5.74, 6) is 0. The third-order valence-electron chi connectivity index (χ3n) is 4.41. The molecule has 0 radical (unpaired) electrons. The molecule has 24 heavy (non-hydrogen) atoms. The van der Waals surface area contributed by atoms with Crippen LogP contribution in [0.25, 0.3) is 22.2 Å². The van der Waals surface area contributed by atoms with E-state index in [-0.39, 0.29) is 10.8 Å². The summed E-state index contributed by atoms with van der Waals surface area (Å²) >= 11 is 3.49. The van der Waals surface area contributed by atoms with E-state index >= 15 is 0 Å². The highest BCUT2D eigenvalue weighted by molar-refractivity contribution is 9.10. The third kappa shape index (κ3) is 2.80. The van der Waals surface area contributed by atoms with Crippen molar-refractivity contribution in [2.24, 2.45) is 0 Å². The first-order chi connectivity index (χ1) is 11.2. The smallest absolute Gasteiger partial charge is 0.206 e. The van der Waals surface area contributed by atoms with Crippen LogP contribution >= 0.6 is 15.9 Å². The molecular formula is C20H21BrN2O. The molecule has 0 unspecified atom stereocenters. The van der Waals surface area contributed by atoms with E-state index in [1.54, 1.807) is 6.20 Å². The topological polar surface area (TPSA) is 45.8 Å². The van der Waals surface area contributed by atoms with E-state index in [0.717, 1.165) is 28.0 Å². The first-order valence-corrected chi connectivity index (χ1v) is 8.78. The van der Waals surface area contributed by atoms with Crippen LogP contribution in [-0.4, -0.2) is 9.97 Å². The van der Waals surface area contributed by atoms with Gasteiger partial charge < -0.3 is 4.98 Å². The Morgan fingerprint density at radius 3 is 2.46 bits per heavy atom. The molecule has 0 atom stereocenters. The van der Waals surface area contributed by atoms with E-state index < -0.39 is 0 Å². The molecule has 2 aromatic heterocycles. The Bertz CT molecular complexity index is 997. The summed E-state index contributed by atoms with van der Waals surface area (Å²) in [4.78, 5) is 20.4. The summed E-state index contributed by atoms with van der Waals surface area (Å²) in [7, 11) is 0. The first-order valence-electron chi connectivity index (χ1n) is 7.98. The molecule has 0 bridgehead atoms. The van der Waals surface area contributed by atoms with Gasteiger partial charge in [-0.3, -0.25) is 9.78 Å². The Labute approximate surface area is 150 Å². The lowest BCUT2D eigenvalue weighted by Crippen LogP contribution is -2.12. The van der Waals surface area contributed by atoms with Gasteiger partial charge >= 0.3 is 0 Å². The summed E-state index contributed by atoms with van der Waals surface area (Å²) in [5, 5.41) is 0.636. The minimum absolute atomic E-state index is 0.0244. The van der Waals surface area contributed by atoms with E-state index in [2.05, 4.69) is 71.8 Å². The van der Waals surface area contributed by atoms with Gasteiger partial charge in [0, 0.05) is 11.8 Å². The van der Waals surface area contributed by atoms with Crippen molar-refractivity contribution in [2.75, 3.05) is 0 Å². The number of aromatic amines is 1. The molecule has 2 heterocycles. The fourth-order valence-electron chi connectivity index (χ4n) is 2.97. The molecule has 1 N–H and O–H groups in total. The van der Waals surface area contributed by atoms with Gasteiger partial charge in [0.25, 0.3) is 0 Å². The zero-order valence-corrected chi connectivity index (χ0v) is 16.2. The predicted molar refractivity (Wildman–Crippen MR) is 104 cm³/mol. The number of benzene rings is 1. The zero-order valence-electron chi connectivity index (χ0n) is 14.6. The number of hydrogen-bond acceptors (Lipinski definition) is 2. The van der Waals surface area contributed by atoms with Gasteiger partial charge in [-0.25, -0.2) is 0 Å². The van der Waals surface area contributed by atoms with Crippen LogP contribution < -0.4 is 5.43 Å². The quantitative estimate of drug-likeness (QED) is 0.621. The summed E-state index contributed by atoms with van der Waals surface area (Å²) in [6, 6.07) is 8.27. The van der Waals surface area contributed by atoms with Crippen LogP contribution in [0.5, 0.6) is 0 Å². The van der Waals surface area contributed by atoms with Crippen molar-refractivity contribution in [1.82, 2.24) is 9.97 Å². The van der Waals surface area contributed by atoms with Crippen molar-refractivity contribution in [3.63, 3.8) is 0 Å². The standard InChI is InChI=1S/C20H21BrN2O/c1-11-10-13(20(3,4)5)6-7-14(11)18-17(21)19(24)16-12(2)22-9-8-15(16)23-18/h6-10H,1-5H3,(H,23,24). The highest BCUT2D eigenvalue weighted by Gasteiger charge is 2.18. The lowest BCUT2D eigenvalue weighted by atomic mass is 9.85. The normalized spacial score (nSPS) is 11.9. The van der Waals surface area contributed by atoms with E-state index in [4.69, 9.17) is 0 Å². The monoisotopic (exact) mass is 384 g/mol. The predicted octanol–water partition coefficient (Wildman–Crippen LogP) is 5.27. The Balaban J connectivity index is 2.28. The van der Waals surface area contributed by atoms with Crippen LogP contribution in [-0.2, 0) is 5.41 Å². The van der Waals surface area contributed by atoms with E-state index in [9.17, 15) is 4.79 Å². The summed E-state index contributed by atoms with van der Waals surface area (Å²) < 4.78 is 0.553. The van der Waals surface area contributed by atoms with Crippen LogP contribution in [0.3, 0.4) is 0 Å². The van der Waals surface area contributed by atoms with Crippen molar-refractivity contribution >= 4 is 26.8 Å². The second kappa shape index (κ2) is 5.85. The number of nitrogens with zero attached hydrogens (tertiary/aromatic N) is 1. The van der Waals surface area contributed by atoms with E-state index in [1.165, 1.54) is 5.56 Å². The number of aromatic nitrogens is 2. The van der Waals surface area contributed by atoms with Gasteiger partial charge in [-0.05, 0) is 52.4 Å². The molecule has 0 aliphatic heterocycles. The molecule has 0 saturated heterocycles. The second-order valence-corrected chi connectivity index (χ2v) is 8.03. The first kappa shape index (κ1) is 16.9. The van der Waals surface area contributed by atoms with Crippen molar-refractivity contribution < 1.29 is 0 Å². The number of rotatable bonds is 1. The number of H-pyrrole nitrogens is 1. The van der Waals surface area contributed by atoms with E-state index in [0.29, 0.717) is 9.86 Å². The summed E-state index contributed by atoms with van der Waals surface area (Å²) in [5.41, 5.74) is 5.89.